The number of hydrogen-bond acceptors (Lipinski definition) is 6. The van der Waals surface area contributed by atoms with E-state index in [1.54, 1.807) is 19.1 Å². The van der Waals surface area contributed by atoms with Crippen molar-refractivity contribution < 1.29 is 18.9 Å². The van der Waals surface area contributed by atoms with Gasteiger partial charge < -0.3 is 4.52 Å². The van der Waals surface area contributed by atoms with Crippen LogP contribution in [0.25, 0.3) is 0 Å². The summed E-state index contributed by atoms with van der Waals surface area (Å²) in [5.41, 5.74) is 0.764. The van der Waals surface area contributed by atoms with Crippen molar-refractivity contribution in [2.45, 2.75) is 39.3 Å². The number of rotatable bonds is 5. The SMILES string of the molecule is CC(C)c1nc(CN2C(=O)C(=O)N(C(C)c3ccccc3)C2=O)no1. The Morgan fingerprint density at radius 1 is 1.04 bits per heavy atom. The highest BCUT2D eigenvalue weighted by atomic mass is 16.5. The highest BCUT2D eigenvalue weighted by Gasteiger charge is 2.47. The standard InChI is InChI=1S/C17H18N4O4/c1-10(2)14-18-13(19-25-14)9-20-15(22)16(23)21(17(20)24)11(3)12-7-5-4-6-8-12/h4-8,10-11H,9H2,1-3H3. The lowest BCUT2D eigenvalue weighted by Crippen LogP contribution is -2.35. The Kier molecular flexibility index (Phi) is 4.35. The molecular weight excluding hydrogens is 324 g/mol. The lowest BCUT2D eigenvalue weighted by atomic mass is 10.1. The van der Waals surface area contributed by atoms with E-state index in [0.717, 1.165) is 15.4 Å². The van der Waals surface area contributed by atoms with Crippen molar-refractivity contribution in [1.29, 1.82) is 0 Å². The van der Waals surface area contributed by atoms with Crippen LogP contribution in [0.3, 0.4) is 0 Å². The Bertz CT molecular complexity index is 815. The molecule has 0 N–H and O–H groups in total. The summed E-state index contributed by atoms with van der Waals surface area (Å²) in [5, 5.41) is 3.76. The predicted molar refractivity (Wildman–Crippen MR) is 86.0 cm³/mol. The Morgan fingerprint density at radius 3 is 2.32 bits per heavy atom. The highest BCUT2D eigenvalue weighted by Crippen LogP contribution is 2.27. The summed E-state index contributed by atoms with van der Waals surface area (Å²) in [4.78, 5) is 43.1. The monoisotopic (exact) mass is 342 g/mol. The summed E-state index contributed by atoms with van der Waals surface area (Å²) in [7, 11) is 0. The molecule has 1 saturated heterocycles. The predicted octanol–water partition coefficient (Wildman–Crippen LogP) is 2.25. The van der Waals surface area contributed by atoms with E-state index in [2.05, 4.69) is 10.1 Å². The maximum absolute atomic E-state index is 12.6. The minimum atomic E-state index is -0.885. The molecule has 0 aliphatic carbocycles. The van der Waals surface area contributed by atoms with E-state index >= 15 is 0 Å². The Labute approximate surface area is 144 Å². The third-order valence-corrected chi connectivity index (χ3v) is 4.03. The molecule has 0 saturated carbocycles. The van der Waals surface area contributed by atoms with Crippen molar-refractivity contribution >= 4 is 17.8 Å². The van der Waals surface area contributed by atoms with Crippen LogP contribution in [0.15, 0.2) is 34.9 Å². The first-order valence-electron chi connectivity index (χ1n) is 7.96. The van der Waals surface area contributed by atoms with E-state index in [0.29, 0.717) is 5.89 Å². The molecule has 1 atom stereocenters. The van der Waals surface area contributed by atoms with Crippen LogP contribution in [-0.4, -0.2) is 37.8 Å². The lowest BCUT2D eigenvalue weighted by Gasteiger charge is -2.22. The average Bonchev–Trinajstić information content (AvgIpc) is 3.15. The van der Waals surface area contributed by atoms with Crippen LogP contribution in [0.1, 0.15) is 50.0 Å². The fourth-order valence-electron chi connectivity index (χ4n) is 2.59. The van der Waals surface area contributed by atoms with Gasteiger partial charge in [0.15, 0.2) is 5.82 Å². The van der Waals surface area contributed by atoms with Crippen molar-refractivity contribution in [3.8, 4) is 0 Å². The van der Waals surface area contributed by atoms with Crippen LogP contribution < -0.4 is 0 Å². The molecular formula is C17H18N4O4. The van der Waals surface area contributed by atoms with Crippen molar-refractivity contribution in [3.05, 3.63) is 47.6 Å². The molecule has 8 heteroatoms. The van der Waals surface area contributed by atoms with Gasteiger partial charge in [0, 0.05) is 5.92 Å². The summed E-state index contributed by atoms with van der Waals surface area (Å²) < 4.78 is 5.07. The van der Waals surface area contributed by atoms with Crippen molar-refractivity contribution in [3.63, 3.8) is 0 Å². The summed E-state index contributed by atoms with van der Waals surface area (Å²) in [6, 6.07) is 7.82. The van der Waals surface area contributed by atoms with Gasteiger partial charge in [0.05, 0.1) is 12.6 Å². The molecule has 1 aliphatic rings. The fraction of sp³-hybridized carbons (Fsp3) is 0.353. The normalized spacial score (nSPS) is 16.2. The molecule has 1 unspecified atom stereocenters. The van der Waals surface area contributed by atoms with E-state index in [1.807, 2.05) is 32.0 Å². The van der Waals surface area contributed by atoms with Crippen molar-refractivity contribution in [2.75, 3.05) is 0 Å². The van der Waals surface area contributed by atoms with Gasteiger partial charge in [0.2, 0.25) is 5.89 Å². The second kappa shape index (κ2) is 6.46. The number of urea groups is 1. The Balaban J connectivity index is 1.81. The lowest BCUT2D eigenvalue weighted by molar-refractivity contribution is -0.144. The van der Waals surface area contributed by atoms with E-state index in [1.165, 1.54) is 0 Å². The molecule has 3 rings (SSSR count). The number of amides is 4. The zero-order chi connectivity index (χ0) is 18.1. The van der Waals surface area contributed by atoms with Gasteiger partial charge in [-0.15, -0.1) is 0 Å². The van der Waals surface area contributed by atoms with Gasteiger partial charge in [-0.1, -0.05) is 49.3 Å². The van der Waals surface area contributed by atoms with Gasteiger partial charge in [-0.2, -0.15) is 4.98 Å². The molecule has 2 heterocycles. The number of hydrogen-bond donors (Lipinski definition) is 0. The first-order chi connectivity index (χ1) is 11.9. The number of imide groups is 2. The maximum atomic E-state index is 12.6. The molecule has 2 aromatic rings. The van der Waals surface area contributed by atoms with Crippen LogP contribution in [0, 0.1) is 0 Å². The zero-order valence-electron chi connectivity index (χ0n) is 14.2. The largest absolute Gasteiger partial charge is 0.339 e. The number of carbonyl (C=O) groups excluding carboxylic acids is 3. The van der Waals surface area contributed by atoms with Crippen LogP contribution >= 0.6 is 0 Å². The van der Waals surface area contributed by atoms with Crippen LogP contribution in [0.5, 0.6) is 0 Å². The van der Waals surface area contributed by atoms with E-state index in [4.69, 9.17) is 4.52 Å². The molecule has 1 aliphatic heterocycles. The van der Waals surface area contributed by atoms with E-state index < -0.39 is 23.9 Å². The molecule has 0 radical (unpaired) electrons. The van der Waals surface area contributed by atoms with Crippen LogP contribution in [0.2, 0.25) is 0 Å². The average molecular weight is 342 g/mol. The Morgan fingerprint density at radius 2 is 1.72 bits per heavy atom. The molecule has 1 aromatic heterocycles. The van der Waals surface area contributed by atoms with Crippen molar-refractivity contribution in [2.24, 2.45) is 0 Å². The summed E-state index contributed by atoms with van der Waals surface area (Å²) >= 11 is 0. The van der Waals surface area contributed by atoms with Crippen LogP contribution in [0.4, 0.5) is 4.79 Å². The topological polar surface area (TPSA) is 96.6 Å². The van der Waals surface area contributed by atoms with Crippen molar-refractivity contribution in [1.82, 2.24) is 19.9 Å². The van der Waals surface area contributed by atoms with E-state index in [-0.39, 0.29) is 18.3 Å². The number of aromatic nitrogens is 2. The fourth-order valence-corrected chi connectivity index (χ4v) is 2.59. The minimum Gasteiger partial charge on any atom is -0.339 e. The van der Waals surface area contributed by atoms with Gasteiger partial charge in [0.25, 0.3) is 0 Å². The molecule has 1 fully saturated rings. The third-order valence-electron chi connectivity index (χ3n) is 4.03. The third kappa shape index (κ3) is 3.02. The zero-order valence-corrected chi connectivity index (χ0v) is 14.2. The second-order valence-electron chi connectivity index (χ2n) is 6.14. The molecule has 8 nitrogen and oxygen atoms in total. The minimum absolute atomic E-state index is 0.0301. The second-order valence-corrected chi connectivity index (χ2v) is 6.14. The smallest absolute Gasteiger partial charge is 0.335 e. The quantitative estimate of drug-likeness (QED) is 0.611. The van der Waals surface area contributed by atoms with Gasteiger partial charge in [-0.3, -0.25) is 9.59 Å². The summed E-state index contributed by atoms with van der Waals surface area (Å²) in [5.74, 6) is -1.11. The molecule has 130 valence electrons. The molecule has 4 amide bonds. The van der Waals surface area contributed by atoms with Gasteiger partial charge in [-0.05, 0) is 12.5 Å². The number of carbonyl (C=O) groups is 3. The highest BCUT2D eigenvalue weighted by molar-refractivity contribution is 6.44. The summed E-state index contributed by atoms with van der Waals surface area (Å²) in [6.07, 6.45) is 0. The maximum Gasteiger partial charge on any atom is 0.335 e. The van der Waals surface area contributed by atoms with Gasteiger partial charge >= 0.3 is 17.8 Å². The summed E-state index contributed by atoms with van der Waals surface area (Å²) in [6.45, 7) is 5.28. The molecule has 25 heavy (non-hydrogen) atoms. The van der Waals surface area contributed by atoms with E-state index in [9.17, 15) is 14.4 Å². The Hall–Kier alpha value is -3.03. The molecule has 1 aromatic carbocycles. The first kappa shape index (κ1) is 16.8. The number of nitrogens with zero attached hydrogens (tertiary/aromatic N) is 4. The van der Waals surface area contributed by atoms with Gasteiger partial charge in [0.1, 0.15) is 0 Å². The molecule has 0 bridgehead atoms. The molecule has 0 spiro atoms. The van der Waals surface area contributed by atoms with Crippen LogP contribution in [-0.2, 0) is 16.1 Å². The number of benzene rings is 1. The first-order valence-corrected chi connectivity index (χ1v) is 7.96. The van der Waals surface area contributed by atoms with Gasteiger partial charge in [-0.25, -0.2) is 14.6 Å².